The van der Waals surface area contributed by atoms with Gasteiger partial charge in [0.05, 0.1) is 10.7 Å². The van der Waals surface area contributed by atoms with Crippen LogP contribution in [0.25, 0.3) is 0 Å². The molecule has 1 N–H and O–H groups in total. The second-order valence-corrected chi connectivity index (χ2v) is 11.7. The molecule has 0 saturated heterocycles. The molecule has 0 aliphatic rings. The molecular formula is C26H22Cl4F4N2O3. The average molecular weight is 628 g/mol. The molecule has 210 valence electrons. The third kappa shape index (κ3) is 7.60. The maximum absolute atomic E-state index is 13.8. The maximum atomic E-state index is 13.8. The van der Waals surface area contributed by atoms with Crippen molar-refractivity contribution in [1.29, 1.82) is 0 Å². The van der Waals surface area contributed by atoms with Crippen molar-refractivity contribution >= 4 is 52.5 Å². The Morgan fingerprint density at radius 2 is 1.67 bits per heavy atom. The lowest BCUT2D eigenvalue weighted by atomic mass is 9.80. The first kappa shape index (κ1) is 31.1. The summed E-state index contributed by atoms with van der Waals surface area (Å²) in [6, 6.07) is 16.8. The van der Waals surface area contributed by atoms with Gasteiger partial charge in [0, 0.05) is 12.6 Å². The van der Waals surface area contributed by atoms with Gasteiger partial charge < -0.3 is 14.8 Å². The molecule has 0 unspecified atom stereocenters. The Hall–Kier alpha value is -2.46. The highest BCUT2D eigenvalue weighted by molar-refractivity contribution is 6.68. The predicted molar refractivity (Wildman–Crippen MR) is 142 cm³/mol. The molecule has 1 heterocycles. The number of hydrogen-bond acceptors (Lipinski definition) is 4. The van der Waals surface area contributed by atoms with Gasteiger partial charge in [-0.1, -0.05) is 88.9 Å². The van der Waals surface area contributed by atoms with Crippen molar-refractivity contribution < 1.29 is 31.8 Å². The fraction of sp³-hybridized carbons (Fsp3) is 0.308. The minimum atomic E-state index is -4.76. The first-order chi connectivity index (χ1) is 18.1. The highest BCUT2D eigenvalue weighted by Gasteiger charge is 2.47. The monoisotopic (exact) mass is 626 g/mol. The largest absolute Gasteiger partial charge is 0.461 e. The van der Waals surface area contributed by atoms with Crippen molar-refractivity contribution in [1.82, 2.24) is 10.3 Å². The maximum Gasteiger partial charge on any atom is 0.461 e. The topological polar surface area (TPSA) is 60.5 Å². The molecule has 1 aromatic heterocycles. The van der Waals surface area contributed by atoms with Gasteiger partial charge in [0.1, 0.15) is 11.3 Å². The predicted octanol–water partition coefficient (Wildman–Crippen LogP) is 8.33. The molecule has 0 radical (unpaired) electrons. The molecule has 5 nitrogen and oxygen atoms in total. The Labute approximate surface area is 242 Å². The zero-order chi connectivity index (χ0) is 29.1. The van der Waals surface area contributed by atoms with Crippen LogP contribution in [-0.4, -0.2) is 33.0 Å². The second kappa shape index (κ2) is 12.0. The van der Waals surface area contributed by atoms with Crippen molar-refractivity contribution in [3.63, 3.8) is 0 Å². The Kier molecular flexibility index (Phi) is 9.53. The lowest BCUT2D eigenvalue weighted by Gasteiger charge is -2.38. The standard InChI is InChI=1S/C26H22Cl4F4N2O3/c1-23(2,26(28,29)30)39-22(37)36-24(14-16-7-4-3-5-8-16,20-12-11-18(27)15-35-20)17-9-6-10-19(13-17)38-25(33,34)21(31)32/h3-13,15,21H,14H2,1-2H3,(H,36,37)/t24-/m0/s1. The second-order valence-electron chi connectivity index (χ2n) is 8.94. The molecule has 3 rings (SSSR count). The summed E-state index contributed by atoms with van der Waals surface area (Å²) >= 11 is 24.0. The smallest absolute Gasteiger partial charge is 0.439 e. The molecule has 13 heteroatoms. The average Bonchev–Trinajstić information content (AvgIpc) is 2.83. The number of alkyl halides is 7. The van der Waals surface area contributed by atoms with E-state index in [9.17, 15) is 22.4 Å². The van der Waals surface area contributed by atoms with Crippen molar-refractivity contribution in [3.8, 4) is 5.75 Å². The van der Waals surface area contributed by atoms with E-state index in [0.717, 1.165) is 12.1 Å². The number of amides is 1. The Morgan fingerprint density at radius 1 is 1.00 bits per heavy atom. The molecule has 1 amide bonds. The molecule has 0 saturated carbocycles. The summed E-state index contributed by atoms with van der Waals surface area (Å²) in [5, 5.41) is 3.02. The summed E-state index contributed by atoms with van der Waals surface area (Å²) in [6.45, 7) is 2.75. The van der Waals surface area contributed by atoms with E-state index in [4.69, 9.17) is 51.1 Å². The van der Waals surface area contributed by atoms with Crippen LogP contribution >= 0.6 is 46.4 Å². The number of hydrogen-bond donors (Lipinski definition) is 1. The van der Waals surface area contributed by atoms with E-state index in [1.54, 1.807) is 30.3 Å². The molecule has 0 aliphatic heterocycles. The van der Waals surface area contributed by atoms with Gasteiger partial charge >= 0.3 is 18.6 Å². The molecule has 2 aromatic carbocycles. The van der Waals surface area contributed by atoms with Crippen molar-refractivity contribution in [2.24, 2.45) is 0 Å². The number of aromatic nitrogens is 1. The molecule has 0 fully saturated rings. The van der Waals surface area contributed by atoms with E-state index in [0.29, 0.717) is 5.56 Å². The van der Waals surface area contributed by atoms with Crippen LogP contribution in [0.15, 0.2) is 72.9 Å². The molecule has 0 spiro atoms. The molecule has 39 heavy (non-hydrogen) atoms. The number of benzene rings is 2. The van der Waals surface area contributed by atoms with Crippen molar-refractivity contribution in [3.05, 3.63) is 94.8 Å². The van der Waals surface area contributed by atoms with Crippen LogP contribution in [0.1, 0.15) is 30.7 Å². The van der Waals surface area contributed by atoms with Crippen LogP contribution < -0.4 is 10.1 Å². The first-order valence-corrected chi connectivity index (χ1v) is 12.8. The van der Waals surface area contributed by atoms with Gasteiger partial charge in [0.25, 0.3) is 0 Å². The summed E-state index contributed by atoms with van der Waals surface area (Å²) in [6.07, 6.45) is -8.57. The number of rotatable bonds is 9. The lowest BCUT2D eigenvalue weighted by molar-refractivity contribution is -0.253. The molecule has 0 aliphatic carbocycles. The highest BCUT2D eigenvalue weighted by Crippen LogP contribution is 2.41. The lowest BCUT2D eigenvalue weighted by Crippen LogP contribution is -2.52. The molecule has 0 bridgehead atoms. The van der Waals surface area contributed by atoms with Gasteiger partial charge in [-0.15, -0.1) is 0 Å². The normalized spacial score (nSPS) is 14.0. The van der Waals surface area contributed by atoms with Gasteiger partial charge in [-0.25, -0.2) is 4.79 Å². The van der Waals surface area contributed by atoms with Crippen LogP contribution in [0.5, 0.6) is 5.75 Å². The number of nitrogens with zero attached hydrogens (tertiary/aromatic N) is 1. The first-order valence-electron chi connectivity index (χ1n) is 11.2. The highest BCUT2D eigenvalue weighted by atomic mass is 35.6. The zero-order valence-corrected chi connectivity index (χ0v) is 23.4. The molecule has 1 atom stereocenters. The van der Waals surface area contributed by atoms with Crippen LogP contribution in [0.3, 0.4) is 0 Å². The van der Waals surface area contributed by atoms with Gasteiger partial charge in [-0.3, -0.25) is 4.98 Å². The third-order valence-electron chi connectivity index (χ3n) is 5.66. The Bertz CT molecular complexity index is 1280. The zero-order valence-electron chi connectivity index (χ0n) is 20.4. The Morgan fingerprint density at radius 3 is 2.23 bits per heavy atom. The number of pyridine rings is 1. The van der Waals surface area contributed by atoms with Gasteiger partial charge in [0.2, 0.25) is 3.79 Å². The van der Waals surface area contributed by atoms with Crippen LogP contribution in [0.4, 0.5) is 22.4 Å². The third-order valence-corrected chi connectivity index (χ3v) is 7.25. The van der Waals surface area contributed by atoms with Crippen molar-refractivity contribution in [2.75, 3.05) is 0 Å². The van der Waals surface area contributed by atoms with Gasteiger partial charge in [0.15, 0.2) is 5.60 Å². The van der Waals surface area contributed by atoms with E-state index in [2.05, 4.69) is 15.0 Å². The molecular weight excluding hydrogens is 606 g/mol. The summed E-state index contributed by atoms with van der Waals surface area (Å²) in [4.78, 5) is 17.7. The van der Waals surface area contributed by atoms with E-state index in [-0.39, 0.29) is 22.7 Å². The summed E-state index contributed by atoms with van der Waals surface area (Å²) in [5.74, 6) is -0.582. The minimum absolute atomic E-state index is 0.000459. The fourth-order valence-electron chi connectivity index (χ4n) is 3.57. The van der Waals surface area contributed by atoms with Crippen LogP contribution in [-0.2, 0) is 16.7 Å². The number of alkyl carbamates (subject to hydrolysis) is 1. The number of carbonyl (C=O) groups excluding carboxylic acids is 1. The van der Waals surface area contributed by atoms with Crippen LogP contribution in [0.2, 0.25) is 5.02 Å². The number of carbonyl (C=O) groups is 1. The number of halogens is 8. The number of nitrogens with one attached hydrogen (secondary N) is 1. The van der Waals surface area contributed by atoms with Crippen LogP contribution in [0, 0.1) is 0 Å². The van der Waals surface area contributed by atoms with E-state index >= 15 is 0 Å². The Balaban J connectivity index is 2.20. The van der Waals surface area contributed by atoms with E-state index in [1.165, 1.54) is 44.3 Å². The fourth-order valence-corrected chi connectivity index (χ4v) is 3.79. The summed E-state index contributed by atoms with van der Waals surface area (Å²) in [7, 11) is 0. The van der Waals surface area contributed by atoms with E-state index in [1.807, 2.05) is 0 Å². The summed E-state index contributed by atoms with van der Waals surface area (Å²) < 4.78 is 61.0. The SMILES string of the molecule is CC(C)(OC(=O)N[C@@](Cc1ccccc1)(c1cccc(OC(F)(F)C(F)F)c1)c1ccc(Cl)cn1)C(Cl)(Cl)Cl. The van der Waals surface area contributed by atoms with Gasteiger partial charge in [-0.2, -0.15) is 17.6 Å². The number of ether oxygens (including phenoxy) is 2. The molecule has 3 aromatic rings. The van der Waals surface area contributed by atoms with Crippen molar-refractivity contribution in [2.45, 2.75) is 47.7 Å². The van der Waals surface area contributed by atoms with Gasteiger partial charge in [-0.05, 0) is 49.2 Å². The summed E-state index contributed by atoms with van der Waals surface area (Å²) in [5.41, 5.74) is -2.21. The van der Waals surface area contributed by atoms with E-state index < -0.39 is 39.3 Å². The minimum Gasteiger partial charge on any atom is -0.439 e. The quantitative estimate of drug-likeness (QED) is 0.191.